The van der Waals surface area contributed by atoms with Crippen LogP contribution in [0, 0.1) is 12.8 Å². The first-order valence-electron chi connectivity index (χ1n) is 8.72. The molecule has 4 nitrogen and oxygen atoms in total. The Morgan fingerprint density at radius 2 is 2.04 bits per heavy atom. The van der Waals surface area contributed by atoms with Crippen LogP contribution in [0.5, 0.6) is 0 Å². The molecule has 4 heteroatoms. The molecule has 4 rings (SSSR count). The van der Waals surface area contributed by atoms with Crippen LogP contribution in [0.3, 0.4) is 0 Å². The van der Waals surface area contributed by atoms with E-state index in [1.165, 1.54) is 0 Å². The number of anilines is 1. The minimum atomic E-state index is 0.0321. The van der Waals surface area contributed by atoms with Gasteiger partial charge in [-0.1, -0.05) is 42.5 Å². The van der Waals surface area contributed by atoms with E-state index < -0.39 is 0 Å². The smallest absolute Gasteiger partial charge is 0.228 e. The van der Waals surface area contributed by atoms with Gasteiger partial charge in [-0.05, 0) is 43.9 Å². The zero-order chi connectivity index (χ0) is 17.2. The number of fused-ring (bicyclic) bond motifs is 1. The Balaban J connectivity index is 1.77. The van der Waals surface area contributed by atoms with Crippen LogP contribution in [0.1, 0.15) is 24.8 Å². The molecule has 1 aromatic carbocycles. The Morgan fingerprint density at radius 1 is 1.20 bits per heavy atom. The number of nitrogens with one attached hydrogen (secondary N) is 1. The minimum Gasteiger partial charge on any atom is -0.310 e. The van der Waals surface area contributed by atoms with Crippen LogP contribution in [-0.4, -0.2) is 15.3 Å². The first-order valence-corrected chi connectivity index (χ1v) is 8.72. The van der Waals surface area contributed by atoms with Crippen molar-refractivity contribution in [2.24, 2.45) is 5.92 Å². The van der Waals surface area contributed by atoms with Gasteiger partial charge < -0.3 is 5.32 Å². The molecule has 1 amide bonds. The number of allylic oxidation sites excluding steroid dienone is 2. The van der Waals surface area contributed by atoms with Gasteiger partial charge in [-0.25, -0.2) is 4.98 Å². The molecule has 0 aliphatic heterocycles. The van der Waals surface area contributed by atoms with Crippen molar-refractivity contribution in [3.63, 3.8) is 0 Å². The average molecular weight is 331 g/mol. The summed E-state index contributed by atoms with van der Waals surface area (Å²) in [6.07, 6.45) is 8.90. The topological polar surface area (TPSA) is 46.4 Å². The maximum absolute atomic E-state index is 12.8. The summed E-state index contributed by atoms with van der Waals surface area (Å²) in [6.45, 7) is 2.05. The third-order valence-electron chi connectivity index (χ3n) is 4.71. The van der Waals surface area contributed by atoms with E-state index in [4.69, 9.17) is 4.98 Å². The first-order chi connectivity index (χ1) is 12.2. The number of benzene rings is 1. The van der Waals surface area contributed by atoms with E-state index in [-0.39, 0.29) is 11.8 Å². The normalized spacial score (nSPS) is 16.9. The SMILES string of the molecule is Cc1ccn2c(NC(=O)C3CC=CCC3)c(-c3ccccc3)nc2c1. The maximum Gasteiger partial charge on any atom is 0.228 e. The lowest BCUT2D eigenvalue weighted by Crippen LogP contribution is -2.24. The highest BCUT2D eigenvalue weighted by Gasteiger charge is 2.22. The number of carbonyl (C=O) groups excluding carboxylic acids is 1. The van der Waals surface area contributed by atoms with Crippen molar-refractivity contribution in [2.45, 2.75) is 26.2 Å². The van der Waals surface area contributed by atoms with Crippen LogP contribution < -0.4 is 5.32 Å². The Labute approximate surface area is 147 Å². The lowest BCUT2D eigenvalue weighted by molar-refractivity contribution is -0.120. The largest absolute Gasteiger partial charge is 0.310 e. The molecule has 1 atom stereocenters. The van der Waals surface area contributed by atoms with E-state index in [1.54, 1.807) is 0 Å². The molecule has 1 unspecified atom stereocenters. The second-order valence-corrected chi connectivity index (χ2v) is 6.58. The number of hydrogen-bond acceptors (Lipinski definition) is 2. The van der Waals surface area contributed by atoms with Crippen LogP contribution >= 0.6 is 0 Å². The number of hydrogen-bond donors (Lipinski definition) is 1. The number of amides is 1. The van der Waals surface area contributed by atoms with E-state index in [2.05, 4.69) is 17.5 Å². The third-order valence-corrected chi connectivity index (χ3v) is 4.71. The van der Waals surface area contributed by atoms with Crippen molar-refractivity contribution < 1.29 is 4.79 Å². The summed E-state index contributed by atoms with van der Waals surface area (Å²) < 4.78 is 1.96. The molecule has 3 aromatic rings. The van der Waals surface area contributed by atoms with E-state index in [9.17, 15) is 4.79 Å². The number of aryl methyl sites for hydroxylation is 1. The molecule has 0 saturated carbocycles. The fourth-order valence-electron chi connectivity index (χ4n) is 3.31. The summed E-state index contributed by atoms with van der Waals surface area (Å²) in [5.41, 5.74) is 3.80. The Bertz CT molecular complexity index is 940. The van der Waals surface area contributed by atoms with E-state index in [0.717, 1.165) is 47.5 Å². The van der Waals surface area contributed by atoms with Gasteiger partial charge in [-0.2, -0.15) is 0 Å². The van der Waals surface area contributed by atoms with Crippen LogP contribution in [-0.2, 0) is 4.79 Å². The minimum absolute atomic E-state index is 0.0321. The fraction of sp³-hybridized carbons (Fsp3) is 0.238. The molecule has 0 radical (unpaired) electrons. The van der Waals surface area contributed by atoms with Gasteiger partial charge in [0.05, 0.1) is 0 Å². The molecule has 2 heterocycles. The van der Waals surface area contributed by atoms with Gasteiger partial charge in [-0.15, -0.1) is 0 Å². The fourth-order valence-corrected chi connectivity index (χ4v) is 3.31. The van der Waals surface area contributed by atoms with Crippen molar-refractivity contribution in [1.82, 2.24) is 9.38 Å². The number of nitrogens with zero attached hydrogens (tertiary/aromatic N) is 2. The Kier molecular flexibility index (Phi) is 4.10. The molecule has 0 saturated heterocycles. The molecule has 0 spiro atoms. The number of imidazole rings is 1. The zero-order valence-corrected chi connectivity index (χ0v) is 14.3. The average Bonchev–Trinajstić information content (AvgIpc) is 3.00. The zero-order valence-electron chi connectivity index (χ0n) is 14.3. The van der Waals surface area contributed by atoms with Gasteiger partial charge >= 0.3 is 0 Å². The lowest BCUT2D eigenvalue weighted by Gasteiger charge is -2.17. The quantitative estimate of drug-likeness (QED) is 0.713. The van der Waals surface area contributed by atoms with Crippen LogP contribution in [0.15, 0.2) is 60.8 Å². The molecule has 126 valence electrons. The molecular weight excluding hydrogens is 310 g/mol. The molecule has 1 aliphatic rings. The highest BCUT2D eigenvalue weighted by atomic mass is 16.2. The third kappa shape index (κ3) is 3.07. The molecule has 0 bridgehead atoms. The number of pyridine rings is 1. The second-order valence-electron chi connectivity index (χ2n) is 6.58. The summed E-state index contributed by atoms with van der Waals surface area (Å²) in [5, 5.41) is 3.15. The highest BCUT2D eigenvalue weighted by Crippen LogP contribution is 2.30. The van der Waals surface area contributed by atoms with E-state index >= 15 is 0 Å². The lowest BCUT2D eigenvalue weighted by atomic mass is 9.93. The standard InChI is InChI=1S/C21H21N3O/c1-15-12-13-24-18(14-15)22-19(16-8-4-2-5-9-16)20(24)23-21(25)17-10-6-3-7-11-17/h2-6,8-9,12-14,17H,7,10-11H2,1H3,(H,23,25). The molecule has 1 N–H and O–H groups in total. The Morgan fingerprint density at radius 3 is 2.80 bits per heavy atom. The summed E-state index contributed by atoms with van der Waals surface area (Å²) in [4.78, 5) is 17.5. The maximum atomic E-state index is 12.8. The van der Waals surface area contributed by atoms with Gasteiger partial charge in [0.15, 0.2) is 0 Å². The second kappa shape index (κ2) is 6.55. The van der Waals surface area contributed by atoms with Crippen molar-refractivity contribution >= 4 is 17.4 Å². The summed E-state index contributed by atoms with van der Waals surface area (Å²) in [6, 6.07) is 14.1. The van der Waals surface area contributed by atoms with E-state index in [1.807, 2.05) is 60.0 Å². The summed E-state index contributed by atoms with van der Waals surface area (Å²) in [7, 11) is 0. The molecule has 0 fully saturated rings. The van der Waals surface area contributed by atoms with Crippen molar-refractivity contribution in [1.29, 1.82) is 0 Å². The monoisotopic (exact) mass is 331 g/mol. The number of aromatic nitrogens is 2. The van der Waals surface area contributed by atoms with Crippen LogP contribution in [0.4, 0.5) is 5.82 Å². The highest BCUT2D eigenvalue weighted by molar-refractivity contribution is 5.96. The molecule has 1 aliphatic carbocycles. The van der Waals surface area contributed by atoms with Gasteiger partial charge in [-0.3, -0.25) is 9.20 Å². The summed E-state index contributed by atoms with van der Waals surface area (Å²) >= 11 is 0. The van der Waals surface area contributed by atoms with Gasteiger partial charge in [0.1, 0.15) is 17.2 Å². The predicted molar refractivity (Wildman–Crippen MR) is 100 cm³/mol. The van der Waals surface area contributed by atoms with Gasteiger partial charge in [0, 0.05) is 17.7 Å². The van der Waals surface area contributed by atoms with Crippen molar-refractivity contribution in [3.8, 4) is 11.3 Å². The van der Waals surface area contributed by atoms with Crippen molar-refractivity contribution in [2.75, 3.05) is 5.32 Å². The van der Waals surface area contributed by atoms with Crippen LogP contribution in [0.2, 0.25) is 0 Å². The molecule has 2 aromatic heterocycles. The first kappa shape index (κ1) is 15.6. The molecular formula is C21H21N3O. The Hall–Kier alpha value is -2.88. The number of carbonyl (C=O) groups is 1. The van der Waals surface area contributed by atoms with Gasteiger partial charge in [0.25, 0.3) is 0 Å². The summed E-state index contributed by atoms with van der Waals surface area (Å²) in [5.74, 6) is 0.856. The van der Waals surface area contributed by atoms with Gasteiger partial charge in [0.2, 0.25) is 5.91 Å². The molecule has 25 heavy (non-hydrogen) atoms. The predicted octanol–water partition coefficient (Wildman–Crippen LogP) is 4.60. The van der Waals surface area contributed by atoms with Crippen LogP contribution in [0.25, 0.3) is 16.9 Å². The van der Waals surface area contributed by atoms with E-state index in [0.29, 0.717) is 0 Å². The number of rotatable bonds is 3. The van der Waals surface area contributed by atoms with Crippen molar-refractivity contribution in [3.05, 3.63) is 66.4 Å².